The summed E-state index contributed by atoms with van der Waals surface area (Å²) < 4.78 is 26.3. The zero-order valence-corrected chi connectivity index (χ0v) is 16.0. The molecule has 3 N–H and O–H groups in total. The van der Waals surface area contributed by atoms with Crippen LogP contribution in [0.15, 0.2) is 18.2 Å². The summed E-state index contributed by atoms with van der Waals surface area (Å²) in [6.45, 7) is 3.31. The van der Waals surface area contributed by atoms with Gasteiger partial charge in [-0.25, -0.2) is 18.6 Å². The molecule has 1 aromatic heterocycles. The van der Waals surface area contributed by atoms with Gasteiger partial charge in [0.15, 0.2) is 5.13 Å². The Morgan fingerprint density at radius 3 is 2.43 bits per heavy atom. The molecule has 0 spiro atoms. The molecule has 0 bridgehead atoms. The lowest BCUT2D eigenvalue weighted by Gasteiger charge is -2.13. The third kappa shape index (κ3) is 5.81. The number of rotatable bonds is 8. The molecule has 1 aromatic carbocycles. The number of carbonyl (C=O) groups excluding carboxylic acids is 2. The first kappa shape index (κ1) is 21.4. The molecule has 2 amide bonds. The van der Waals surface area contributed by atoms with E-state index in [1.807, 2.05) is 6.92 Å². The molecule has 28 heavy (non-hydrogen) atoms. The maximum absolute atomic E-state index is 13.2. The van der Waals surface area contributed by atoms with Crippen molar-refractivity contribution in [1.29, 1.82) is 0 Å². The number of carboxylic acids is 1. The van der Waals surface area contributed by atoms with Crippen molar-refractivity contribution in [2.45, 2.75) is 39.2 Å². The number of nitrogens with zero attached hydrogens (tertiary/aromatic N) is 1. The van der Waals surface area contributed by atoms with E-state index in [0.717, 1.165) is 23.5 Å². The largest absolute Gasteiger partial charge is 0.477 e. The van der Waals surface area contributed by atoms with Crippen LogP contribution in [-0.4, -0.2) is 33.9 Å². The number of hydrogen-bond acceptors (Lipinski definition) is 5. The van der Waals surface area contributed by atoms with Gasteiger partial charge < -0.3 is 15.7 Å². The minimum absolute atomic E-state index is 0.0574. The molecular formula is C18H19F2N3O4S. The predicted molar refractivity (Wildman–Crippen MR) is 99.4 cm³/mol. The maximum Gasteiger partial charge on any atom is 0.347 e. The van der Waals surface area contributed by atoms with Crippen LogP contribution in [0.1, 0.15) is 41.2 Å². The first-order valence-corrected chi connectivity index (χ1v) is 9.29. The first-order chi connectivity index (χ1) is 13.2. The lowest BCUT2D eigenvalue weighted by Crippen LogP contribution is -2.42. The van der Waals surface area contributed by atoms with Gasteiger partial charge in [-0.2, -0.15) is 0 Å². The number of aromatic carboxylic acids is 1. The van der Waals surface area contributed by atoms with Gasteiger partial charge in [0.05, 0.1) is 12.1 Å². The fourth-order valence-electron chi connectivity index (χ4n) is 2.45. The number of nitrogens with one attached hydrogen (secondary N) is 2. The lowest BCUT2D eigenvalue weighted by molar-refractivity contribution is -0.125. The summed E-state index contributed by atoms with van der Waals surface area (Å²) in [5.74, 6) is -3.90. The monoisotopic (exact) mass is 411 g/mol. The number of amides is 2. The van der Waals surface area contributed by atoms with E-state index in [2.05, 4.69) is 15.6 Å². The molecule has 2 rings (SSSR count). The Labute approximate surface area is 163 Å². The Morgan fingerprint density at radius 1 is 1.21 bits per heavy atom. The van der Waals surface area contributed by atoms with Crippen molar-refractivity contribution in [3.8, 4) is 0 Å². The van der Waals surface area contributed by atoms with Crippen LogP contribution < -0.4 is 10.6 Å². The van der Waals surface area contributed by atoms with E-state index in [1.165, 1.54) is 6.92 Å². The Balaban J connectivity index is 1.97. The molecule has 10 heteroatoms. The third-order valence-corrected chi connectivity index (χ3v) is 4.67. The fourth-order valence-corrected chi connectivity index (χ4v) is 3.30. The molecule has 1 heterocycles. The van der Waals surface area contributed by atoms with Crippen molar-refractivity contribution in [1.82, 2.24) is 10.3 Å². The molecule has 0 saturated heterocycles. The van der Waals surface area contributed by atoms with Gasteiger partial charge in [0.25, 0.3) is 0 Å². The maximum atomic E-state index is 13.2. The Kier molecular flexibility index (Phi) is 7.16. The van der Waals surface area contributed by atoms with Crippen molar-refractivity contribution in [2.75, 3.05) is 5.32 Å². The summed E-state index contributed by atoms with van der Waals surface area (Å²) in [6, 6.07) is 1.80. The van der Waals surface area contributed by atoms with Crippen LogP contribution in [0.3, 0.4) is 0 Å². The van der Waals surface area contributed by atoms with E-state index >= 15 is 0 Å². The molecule has 0 aliphatic carbocycles. The van der Waals surface area contributed by atoms with Gasteiger partial charge in [-0.15, -0.1) is 0 Å². The highest BCUT2D eigenvalue weighted by Gasteiger charge is 2.21. The number of carbonyl (C=O) groups is 3. The number of thiazole rings is 1. The Morgan fingerprint density at radius 2 is 1.86 bits per heavy atom. The normalized spacial score (nSPS) is 11.7. The summed E-state index contributed by atoms with van der Waals surface area (Å²) >= 11 is 0.839. The van der Waals surface area contributed by atoms with Crippen molar-refractivity contribution >= 4 is 34.3 Å². The van der Waals surface area contributed by atoms with Crippen LogP contribution in [0.25, 0.3) is 0 Å². The number of hydrogen-bond donors (Lipinski definition) is 3. The van der Waals surface area contributed by atoms with E-state index in [9.17, 15) is 28.3 Å². The first-order valence-electron chi connectivity index (χ1n) is 8.47. The van der Waals surface area contributed by atoms with Crippen molar-refractivity contribution in [2.24, 2.45) is 0 Å². The summed E-state index contributed by atoms with van der Waals surface area (Å²) in [4.78, 5) is 39.7. The quantitative estimate of drug-likeness (QED) is 0.619. The molecule has 0 aliphatic heterocycles. The van der Waals surface area contributed by atoms with E-state index in [1.54, 1.807) is 0 Å². The number of aromatic nitrogens is 1. The lowest BCUT2D eigenvalue weighted by atomic mass is 10.1. The van der Waals surface area contributed by atoms with Crippen molar-refractivity contribution in [3.63, 3.8) is 0 Å². The van der Waals surface area contributed by atoms with Crippen molar-refractivity contribution < 1.29 is 28.3 Å². The summed E-state index contributed by atoms with van der Waals surface area (Å²) in [5, 5.41) is 14.2. The second kappa shape index (κ2) is 9.36. The Bertz CT molecular complexity index is 881. The second-order valence-corrected chi connectivity index (χ2v) is 7.08. The van der Waals surface area contributed by atoms with Gasteiger partial charge in [0.2, 0.25) is 11.8 Å². The second-order valence-electron chi connectivity index (χ2n) is 6.08. The number of carboxylic acid groups (broad SMARTS) is 1. The van der Waals surface area contributed by atoms with E-state index in [-0.39, 0.29) is 22.0 Å². The summed E-state index contributed by atoms with van der Waals surface area (Å²) in [5.41, 5.74) is 0.526. The smallest absolute Gasteiger partial charge is 0.347 e. The highest BCUT2D eigenvalue weighted by molar-refractivity contribution is 7.17. The van der Waals surface area contributed by atoms with Gasteiger partial charge in [-0.05, 0) is 31.0 Å². The summed E-state index contributed by atoms with van der Waals surface area (Å²) in [7, 11) is 0. The Hall–Kier alpha value is -2.88. The van der Waals surface area contributed by atoms with Crippen LogP contribution in [0.5, 0.6) is 0 Å². The van der Waals surface area contributed by atoms with Gasteiger partial charge in [0.1, 0.15) is 22.6 Å². The number of halogens is 2. The number of benzene rings is 1. The van der Waals surface area contributed by atoms with E-state index in [4.69, 9.17) is 0 Å². The van der Waals surface area contributed by atoms with Crippen molar-refractivity contribution in [3.05, 3.63) is 46.0 Å². The predicted octanol–water partition coefficient (Wildman–Crippen LogP) is 2.76. The minimum atomic E-state index is -1.12. The molecule has 7 nitrogen and oxygen atoms in total. The van der Waals surface area contributed by atoms with Crippen LogP contribution in [-0.2, 0) is 22.4 Å². The topological polar surface area (TPSA) is 108 Å². The molecule has 0 saturated carbocycles. The standard InChI is InChI=1S/C18H19F2N3O4S/c1-3-4-13-15(17(26)27)28-18(22-13)23-16(25)9(2)21-14(24)7-10-5-11(19)8-12(20)6-10/h5-6,8-9H,3-4,7H2,1-2H3,(H,21,24)(H,26,27)(H,22,23,25). The van der Waals surface area contributed by atoms with Gasteiger partial charge in [-0.1, -0.05) is 24.7 Å². The minimum Gasteiger partial charge on any atom is -0.477 e. The average molecular weight is 411 g/mol. The highest BCUT2D eigenvalue weighted by Crippen LogP contribution is 2.24. The highest BCUT2D eigenvalue weighted by atomic mass is 32.1. The molecule has 0 fully saturated rings. The fraction of sp³-hybridized carbons (Fsp3) is 0.333. The zero-order chi connectivity index (χ0) is 20.8. The summed E-state index contributed by atoms with van der Waals surface area (Å²) in [6.07, 6.45) is 0.863. The third-order valence-electron chi connectivity index (χ3n) is 3.67. The zero-order valence-electron chi connectivity index (χ0n) is 15.2. The SMILES string of the molecule is CCCc1nc(NC(=O)C(C)NC(=O)Cc2cc(F)cc(F)c2)sc1C(=O)O. The molecule has 1 atom stereocenters. The molecule has 0 radical (unpaired) electrons. The van der Waals surface area contributed by atoms with Gasteiger partial charge >= 0.3 is 5.97 Å². The van der Waals surface area contributed by atoms with E-state index < -0.39 is 35.5 Å². The molecular weight excluding hydrogens is 392 g/mol. The van der Waals surface area contributed by atoms with Crippen LogP contribution >= 0.6 is 11.3 Å². The average Bonchev–Trinajstić information content (AvgIpc) is 2.96. The number of anilines is 1. The van der Waals surface area contributed by atoms with Crippen LogP contribution in [0.2, 0.25) is 0 Å². The van der Waals surface area contributed by atoms with Gasteiger partial charge in [-0.3, -0.25) is 9.59 Å². The van der Waals surface area contributed by atoms with Crippen LogP contribution in [0, 0.1) is 11.6 Å². The number of aryl methyl sites for hydroxylation is 1. The molecule has 150 valence electrons. The molecule has 2 aromatic rings. The van der Waals surface area contributed by atoms with Crippen LogP contribution in [0.4, 0.5) is 13.9 Å². The molecule has 0 aliphatic rings. The molecule has 1 unspecified atom stereocenters. The van der Waals surface area contributed by atoms with E-state index in [0.29, 0.717) is 24.6 Å². The van der Waals surface area contributed by atoms with Gasteiger partial charge in [0, 0.05) is 6.07 Å².